The number of halogens is 1. The summed E-state index contributed by atoms with van der Waals surface area (Å²) in [6, 6.07) is 4.11. The van der Waals surface area contributed by atoms with Gasteiger partial charge in [-0.05, 0) is 52.4 Å². The van der Waals surface area contributed by atoms with E-state index in [0.717, 1.165) is 11.1 Å². The molecule has 0 aromatic carbocycles. The zero-order chi connectivity index (χ0) is 8.55. The zero-order valence-electron chi connectivity index (χ0n) is 6.70. The van der Waals surface area contributed by atoms with E-state index in [4.69, 9.17) is 5.73 Å². The second-order valence-electron chi connectivity index (χ2n) is 3.25. The number of pyridine rings is 1. The smallest absolute Gasteiger partial charge is 0.106 e. The van der Waals surface area contributed by atoms with Crippen molar-refractivity contribution in [1.82, 2.24) is 4.98 Å². The van der Waals surface area contributed by atoms with E-state index < -0.39 is 0 Å². The van der Waals surface area contributed by atoms with Gasteiger partial charge in [-0.3, -0.25) is 0 Å². The van der Waals surface area contributed by atoms with Gasteiger partial charge in [0.25, 0.3) is 0 Å². The first-order chi connectivity index (χ1) is 5.81. The molecular weight excluding hydrogens is 216 g/mol. The highest BCUT2D eigenvalue weighted by atomic mass is 79.9. The number of nitrogens with zero attached hydrogens (tertiary/aromatic N) is 1. The van der Waals surface area contributed by atoms with Crippen LogP contribution in [0.3, 0.4) is 0 Å². The number of hydrogen-bond donors (Lipinski definition) is 1. The molecule has 1 aliphatic carbocycles. The van der Waals surface area contributed by atoms with Crippen molar-refractivity contribution in [3.05, 3.63) is 28.5 Å². The summed E-state index contributed by atoms with van der Waals surface area (Å²) in [6.07, 6.45) is 3.17. The second-order valence-corrected chi connectivity index (χ2v) is 4.06. The van der Waals surface area contributed by atoms with E-state index in [9.17, 15) is 0 Å². The Kier molecular flexibility index (Phi) is 2.15. The first-order valence-corrected chi connectivity index (χ1v) is 4.92. The third-order valence-corrected chi connectivity index (χ3v) is 2.87. The van der Waals surface area contributed by atoms with Crippen LogP contribution in [0, 0.1) is 5.92 Å². The van der Waals surface area contributed by atoms with Gasteiger partial charge in [-0.25, -0.2) is 4.98 Å². The Labute approximate surface area is 80.3 Å². The van der Waals surface area contributed by atoms with E-state index in [0.29, 0.717) is 11.8 Å². The third-order valence-electron chi connectivity index (χ3n) is 2.40. The van der Waals surface area contributed by atoms with Crippen LogP contribution in [-0.4, -0.2) is 11.5 Å². The van der Waals surface area contributed by atoms with Gasteiger partial charge in [-0.2, -0.15) is 0 Å². The van der Waals surface area contributed by atoms with Gasteiger partial charge in [0, 0.05) is 6.20 Å². The van der Waals surface area contributed by atoms with Crippen LogP contribution in [0.1, 0.15) is 17.9 Å². The molecule has 0 radical (unpaired) electrons. The molecule has 1 heterocycles. The van der Waals surface area contributed by atoms with Gasteiger partial charge in [0.1, 0.15) is 4.60 Å². The van der Waals surface area contributed by atoms with Crippen molar-refractivity contribution in [1.29, 1.82) is 0 Å². The second kappa shape index (κ2) is 3.15. The lowest BCUT2D eigenvalue weighted by molar-refractivity contribution is 0.807. The molecule has 0 bridgehead atoms. The van der Waals surface area contributed by atoms with Crippen molar-refractivity contribution in [2.75, 3.05) is 6.54 Å². The predicted octanol–water partition coefficient (Wildman–Crippen LogP) is 1.91. The monoisotopic (exact) mass is 226 g/mol. The summed E-state index contributed by atoms with van der Waals surface area (Å²) in [4.78, 5) is 4.18. The highest BCUT2D eigenvalue weighted by Gasteiger charge is 2.36. The van der Waals surface area contributed by atoms with Crippen molar-refractivity contribution in [3.8, 4) is 0 Å². The number of hydrogen-bond acceptors (Lipinski definition) is 2. The minimum Gasteiger partial charge on any atom is -0.330 e. The Balaban J connectivity index is 2.10. The lowest BCUT2D eigenvalue weighted by Gasteiger charge is -1.97. The fraction of sp³-hybridized carbons (Fsp3) is 0.444. The van der Waals surface area contributed by atoms with Gasteiger partial charge in [-0.1, -0.05) is 6.07 Å². The van der Waals surface area contributed by atoms with Crippen LogP contribution < -0.4 is 5.73 Å². The van der Waals surface area contributed by atoms with Crippen LogP contribution in [0.2, 0.25) is 0 Å². The van der Waals surface area contributed by atoms with E-state index in [-0.39, 0.29) is 0 Å². The molecule has 1 aromatic rings. The first kappa shape index (κ1) is 8.20. The van der Waals surface area contributed by atoms with Crippen LogP contribution in [0.15, 0.2) is 22.9 Å². The molecule has 2 nitrogen and oxygen atoms in total. The van der Waals surface area contributed by atoms with Gasteiger partial charge in [-0.15, -0.1) is 0 Å². The molecule has 2 rings (SSSR count). The van der Waals surface area contributed by atoms with E-state index >= 15 is 0 Å². The molecule has 0 saturated heterocycles. The molecule has 0 spiro atoms. The summed E-state index contributed by atoms with van der Waals surface area (Å²) in [5.74, 6) is 1.38. The van der Waals surface area contributed by atoms with Crippen molar-refractivity contribution in [2.45, 2.75) is 12.3 Å². The molecular formula is C9H11BrN2. The predicted molar refractivity (Wildman–Crippen MR) is 51.8 cm³/mol. The Morgan fingerprint density at radius 2 is 2.42 bits per heavy atom. The molecule has 1 fully saturated rings. The first-order valence-electron chi connectivity index (χ1n) is 4.13. The molecule has 1 saturated carbocycles. The van der Waals surface area contributed by atoms with Gasteiger partial charge in [0.05, 0.1) is 0 Å². The Bertz CT molecular complexity index is 270. The molecule has 3 heteroatoms. The summed E-state index contributed by atoms with van der Waals surface area (Å²) in [7, 11) is 0. The molecule has 64 valence electrons. The van der Waals surface area contributed by atoms with Crippen LogP contribution in [0.4, 0.5) is 0 Å². The van der Waals surface area contributed by atoms with E-state index in [1.807, 2.05) is 12.3 Å². The quantitative estimate of drug-likeness (QED) is 0.783. The van der Waals surface area contributed by atoms with Crippen LogP contribution >= 0.6 is 15.9 Å². The van der Waals surface area contributed by atoms with Crippen LogP contribution in [0.5, 0.6) is 0 Å². The van der Waals surface area contributed by atoms with E-state index in [1.54, 1.807) is 0 Å². The largest absolute Gasteiger partial charge is 0.330 e. The fourth-order valence-electron chi connectivity index (χ4n) is 1.52. The van der Waals surface area contributed by atoms with E-state index in [2.05, 4.69) is 27.0 Å². The van der Waals surface area contributed by atoms with Crippen LogP contribution in [-0.2, 0) is 0 Å². The van der Waals surface area contributed by atoms with Crippen molar-refractivity contribution in [3.63, 3.8) is 0 Å². The molecule has 2 N–H and O–H groups in total. The lowest BCUT2D eigenvalue weighted by Crippen LogP contribution is -2.01. The molecule has 0 amide bonds. The average Bonchev–Trinajstić information content (AvgIpc) is 2.85. The van der Waals surface area contributed by atoms with Gasteiger partial charge >= 0.3 is 0 Å². The maximum absolute atomic E-state index is 5.56. The van der Waals surface area contributed by atoms with Gasteiger partial charge in [0.2, 0.25) is 0 Å². The maximum Gasteiger partial charge on any atom is 0.106 e. The summed E-state index contributed by atoms with van der Waals surface area (Å²) in [5.41, 5.74) is 6.89. The fourth-order valence-corrected chi connectivity index (χ4v) is 1.76. The molecule has 2 atom stereocenters. The molecule has 0 unspecified atom stereocenters. The summed E-state index contributed by atoms with van der Waals surface area (Å²) < 4.78 is 0.899. The summed E-state index contributed by atoms with van der Waals surface area (Å²) in [5, 5.41) is 0. The van der Waals surface area contributed by atoms with Crippen molar-refractivity contribution in [2.24, 2.45) is 11.7 Å². The van der Waals surface area contributed by atoms with E-state index in [1.165, 1.54) is 12.0 Å². The standard InChI is InChI=1S/C9H11BrN2/c10-9-2-1-6(5-12-9)8-3-7(8)4-11/h1-2,5,7-8H,3-4,11H2/t7-,8-/m0/s1. The van der Waals surface area contributed by atoms with Gasteiger partial charge < -0.3 is 5.73 Å². The molecule has 0 aliphatic heterocycles. The lowest BCUT2D eigenvalue weighted by atomic mass is 10.1. The SMILES string of the molecule is NC[C@@H]1C[C@H]1c1ccc(Br)nc1. The maximum atomic E-state index is 5.56. The summed E-state index contributed by atoms with van der Waals surface area (Å²) >= 11 is 3.31. The Morgan fingerprint density at radius 3 is 2.92 bits per heavy atom. The Hall–Kier alpha value is -0.410. The number of rotatable bonds is 2. The zero-order valence-corrected chi connectivity index (χ0v) is 8.29. The molecule has 12 heavy (non-hydrogen) atoms. The summed E-state index contributed by atoms with van der Waals surface area (Å²) in [6.45, 7) is 0.806. The number of aromatic nitrogens is 1. The topological polar surface area (TPSA) is 38.9 Å². The average molecular weight is 227 g/mol. The highest BCUT2D eigenvalue weighted by Crippen LogP contribution is 2.46. The normalized spacial score (nSPS) is 27.2. The highest BCUT2D eigenvalue weighted by molar-refractivity contribution is 9.10. The molecule has 1 aromatic heterocycles. The van der Waals surface area contributed by atoms with Gasteiger partial charge in [0.15, 0.2) is 0 Å². The molecule has 1 aliphatic rings. The minimum absolute atomic E-state index is 0.676. The third kappa shape index (κ3) is 1.52. The number of nitrogens with two attached hydrogens (primary N) is 1. The minimum atomic E-state index is 0.676. The van der Waals surface area contributed by atoms with Crippen molar-refractivity contribution >= 4 is 15.9 Å². The van der Waals surface area contributed by atoms with Crippen molar-refractivity contribution < 1.29 is 0 Å². The Morgan fingerprint density at radius 1 is 1.58 bits per heavy atom. The van der Waals surface area contributed by atoms with Crippen LogP contribution in [0.25, 0.3) is 0 Å².